The van der Waals surface area contributed by atoms with E-state index in [4.69, 9.17) is 0 Å². The zero-order valence-electron chi connectivity index (χ0n) is 15.3. The Balaban J connectivity index is 1.93. The third-order valence-corrected chi connectivity index (χ3v) is 4.13. The molecule has 5 nitrogen and oxygen atoms in total. The second-order valence-corrected chi connectivity index (χ2v) is 5.91. The van der Waals surface area contributed by atoms with Gasteiger partial charge in [0, 0.05) is 30.0 Å². The summed E-state index contributed by atoms with van der Waals surface area (Å²) >= 11 is 0. The molecule has 0 unspecified atom stereocenters. The Morgan fingerprint density at radius 3 is 2.27 bits per heavy atom. The van der Waals surface area contributed by atoms with Crippen molar-refractivity contribution >= 4 is 23.2 Å². The number of nitrogens with one attached hydrogen (secondary N) is 2. The van der Waals surface area contributed by atoms with E-state index in [1.807, 2.05) is 25.1 Å². The summed E-state index contributed by atoms with van der Waals surface area (Å²) in [5.74, 6) is -1.16. The Hall–Kier alpha value is -2.89. The van der Waals surface area contributed by atoms with Crippen molar-refractivity contribution < 1.29 is 14.0 Å². The summed E-state index contributed by atoms with van der Waals surface area (Å²) in [5, 5.41) is 5.32. The highest BCUT2D eigenvalue weighted by Gasteiger charge is 2.10. The monoisotopic (exact) mass is 357 g/mol. The molecule has 0 radical (unpaired) electrons. The standard InChI is InChI=1S/C20H24FN3O2/c1-4-24(5-2)17-10-11-18(14(3)12-17)23-19(25)13-22-20(26)15-6-8-16(21)9-7-15/h6-12H,4-5,13H2,1-3H3,(H,22,26)(H,23,25). The number of carbonyl (C=O) groups excluding carboxylic acids is 2. The van der Waals surface area contributed by atoms with Gasteiger partial charge in [-0.25, -0.2) is 4.39 Å². The number of hydrogen-bond acceptors (Lipinski definition) is 3. The number of halogens is 1. The number of hydrogen-bond donors (Lipinski definition) is 2. The van der Waals surface area contributed by atoms with Gasteiger partial charge in [0.1, 0.15) is 5.82 Å². The van der Waals surface area contributed by atoms with Gasteiger partial charge in [-0.15, -0.1) is 0 Å². The quantitative estimate of drug-likeness (QED) is 0.799. The summed E-state index contributed by atoms with van der Waals surface area (Å²) in [7, 11) is 0. The average molecular weight is 357 g/mol. The Bertz CT molecular complexity index is 771. The van der Waals surface area contributed by atoms with E-state index in [0.717, 1.165) is 24.3 Å². The summed E-state index contributed by atoms with van der Waals surface area (Å²) in [6.07, 6.45) is 0. The number of amides is 2. The fourth-order valence-corrected chi connectivity index (χ4v) is 2.63. The van der Waals surface area contributed by atoms with E-state index in [-0.39, 0.29) is 12.5 Å². The molecular weight excluding hydrogens is 333 g/mol. The van der Waals surface area contributed by atoms with Crippen LogP contribution < -0.4 is 15.5 Å². The van der Waals surface area contributed by atoms with Gasteiger partial charge in [-0.1, -0.05) is 0 Å². The molecule has 0 saturated heterocycles. The van der Waals surface area contributed by atoms with E-state index in [1.54, 1.807) is 0 Å². The number of rotatable bonds is 7. The van der Waals surface area contributed by atoms with Gasteiger partial charge in [-0.05, 0) is 68.8 Å². The lowest BCUT2D eigenvalue weighted by molar-refractivity contribution is -0.115. The highest BCUT2D eigenvalue weighted by Crippen LogP contribution is 2.22. The highest BCUT2D eigenvalue weighted by atomic mass is 19.1. The largest absolute Gasteiger partial charge is 0.372 e. The minimum absolute atomic E-state index is 0.159. The summed E-state index contributed by atoms with van der Waals surface area (Å²) < 4.78 is 12.9. The van der Waals surface area contributed by atoms with Gasteiger partial charge in [0.15, 0.2) is 0 Å². The molecule has 0 saturated carbocycles. The molecule has 0 heterocycles. The molecule has 0 fully saturated rings. The third-order valence-electron chi connectivity index (χ3n) is 4.13. The van der Waals surface area contributed by atoms with Crippen molar-refractivity contribution in [2.45, 2.75) is 20.8 Å². The lowest BCUT2D eigenvalue weighted by Crippen LogP contribution is -2.33. The Morgan fingerprint density at radius 1 is 1.04 bits per heavy atom. The zero-order chi connectivity index (χ0) is 19.1. The van der Waals surface area contributed by atoms with Crippen LogP contribution in [0, 0.1) is 12.7 Å². The van der Waals surface area contributed by atoms with Crippen LogP contribution in [0.1, 0.15) is 29.8 Å². The number of benzene rings is 2. The van der Waals surface area contributed by atoms with Crippen LogP contribution in [0.4, 0.5) is 15.8 Å². The van der Waals surface area contributed by atoms with Crippen LogP contribution in [0.5, 0.6) is 0 Å². The molecule has 6 heteroatoms. The molecule has 0 aliphatic heterocycles. The van der Waals surface area contributed by atoms with Gasteiger partial charge < -0.3 is 15.5 Å². The topological polar surface area (TPSA) is 61.4 Å². The molecule has 2 rings (SSSR count). The maximum Gasteiger partial charge on any atom is 0.251 e. The summed E-state index contributed by atoms with van der Waals surface area (Å²) in [5.41, 5.74) is 3.07. The Morgan fingerprint density at radius 2 is 1.69 bits per heavy atom. The van der Waals surface area contributed by atoms with Crippen molar-refractivity contribution in [3.63, 3.8) is 0 Å². The van der Waals surface area contributed by atoms with Crippen LogP contribution in [0.2, 0.25) is 0 Å². The van der Waals surface area contributed by atoms with Gasteiger partial charge in [0.25, 0.3) is 5.91 Å². The van der Waals surface area contributed by atoms with Crippen molar-refractivity contribution in [2.75, 3.05) is 29.9 Å². The summed E-state index contributed by atoms with van der Waals surface area (Å²) in [4.78, 5) is 26.3. The normalized spacial score (nSPS) is 10.3. The summed E-state index contributed by atoms with van der Waals surface area (Å²) in [6.45, 7) is 7.79. The van der Waals surface area contributed by atoms with Crippen LogP contribution in [-0.2, 0) is 4.79 Å². The zero-order valence-corrected chi connectivity index (χ0v) is 15.3. The predicted octanol–water partition coefficient (Wildman–Crippen LogP) is 3.35. The first kappa shape index (κ1) is 19.4. The molecule has 26 heavy (non-hydrogen) atoms. The van der Waals surface area contributed by atoms with Gasteiger partial charge >= 0.3 is 0 Å². The van der Waals surface area contributed by atoms with Crippen molar-refractivity contribution in [1.82, 2.24) is 5.32 Å². The maximum atomic E-state index is 12.9. The first-order chi connectivity index (χ1) is 12.4. The molecule has 2 amide bonds. The second-order valence-electron chi connectivity index (χ2n) is 5.91. The number of nitrogens with zero attached hydrogens (tertiary/aromatic N) is 1. The van der Waals surface area contributed by atoms with E-state index < -0.39 is 11.7 Å². The third kappa shape index (κ3) is 5.05. The molecule has 2 aromatic carbocycles. The molecule has 2 aromatic rings. The Labute approximate surface area is 153 Å². The fraction of sp³-hybridized carbons (Fsp3) is 0.300. The van der Waals surface area contributed by atoms with E-state index in [1.165, 1.54) is 24.3 Å². The van der Waals surface area contributed by atoms with Crippen molar-refractivity contribution in [1.29, 1.82) is 0 Å². The van der Waals surface area contributed by atoms with Crippen LogP contribution in [-0.4, -0.2) is 31.4 Å². The van der Waals surface area contributed by atoms with Crippen LogP contribution >= 0.6 is 0 Å². The number of aryl methyl sites for hydroxylation is 1. The first-order valence-electron chi connectivity index (χ1n) is 8.63. The molecule has 2 N–H and O–H groups in total. The van der Waals surface area contributed by atoms with Crippen LogP contribution in [0.3, 0.4) is 0 Å². The van der Waals surface area contributed by atoms with Crippen LogP contribution in [0.25, 0.3) is 0 Å². The van der Waals surface area contributed by atoms with E-state index in [0.29, 0.717) is 11.3 Å². The molecule has 0 bridgehead atoms. The maximum absolute atomic E-state index is 12.9. The fourth-order valence-electron chi connectivity index (χ4n) is 2.63. The number of anilines is 2. The van der Waals surface area contributed by atoms with E-state index in [9.17, 15) is 14.0 Å². The van der Waals surface area contributed by atoms with Gasteiger partial charge in [0.05, 0.1) is 6.54 Å². The van der Waals surface area contributed by atoms with Gasteiger partial charge in [0.2, 0.25) is 5.91 Å². The molecule has 138 valence electrons. The van der Waals surface area contributed by atoms with E-state index >= 15 is 0 Å². The second kappa shape index (κ2) is 8.99. The molecule has 0 atom stereocenters. The molecule has 0 aromatic heterocycles. The first-order valence-corrected chi connectivity index (χ1v) is 8.63. The molecule has 0 aliphatic rings. The average Bonchev–Trinajstić information content (AvgIpc) is 2.63. The van der Waals surface area contributed by atoms with Crippen molar-refractivity contribution in [2.24, 2.45) is 0 Å². The van der Waals surface area contributed by atoms with Crippen LogP contribution in [0.15, 0.2) is 42.5 Å². The SMILES string of the molecule is CCN(CC)c1ccc(NC(=O)CNC(=O)c2ccc(F)cc2)c(C)c1. The smallest absolute Gasteiger partial charge is 0.251 e. The molecule has 0 spiro atoms. The van der Waals surface area contributed by atoms with Crippen molar-refractivity contribution in [3.05, 3.63) is 59.4 Å². The Kier molecular flexibility index (Phi) is 6.72. The summed E-state index contributed by atoms with van der Waals surface area (Å²) in [6, 6.07) is 11.0. The van der Waals surface area contributed by atoms with Gasteiger partial charge in [-0.2, -0.15) is 0 Å². The highest BCUT2D eigenvalue weighted by molar-refractivity contribution is 5.99. The minimum atomic E-state index is -0.422. The molecular formula is C20H24FN3O2. The number of carbonyl (C=O) groups is 2. The predicted molar refractivity (Wildman–Crippen MR) is 102 cm³/mol. The van der Waals surface area contributed by atoms with Gasteiger partial charge in [-0.3, -0.25) is 9.59 Å². The lowest BCUT2D eigenvalue weighted by atomic mass is 10.1. The van der Waals surface area contributed by atoms with E-state index in [2.05, 4.69) is 29.4 Å². The van der Waals surface area contributed by atoms with Crippen molar-refractivity contribution in [3.8, 4) is 0 Å². The molecule has 0 aliphatic carbocycles. The lowest BCUT2D eigenvalue weighted by Gasteiger charge is -2.22. The minimum Gasteiger partial charge on any atom is -0.372 e.